The highest BCUT2D eigenvalue weighted by molar-refractivity contribution is 5.97. The summed E-state index contributed by atoms with van der Waals surface area (Å²) in [5, 5.41) is 0. The van der Waals surface area contributed by atoms with E-state index in [0.29, 0.717) is 11.7 Å². The van der Waals surface area contributed by atoms with Crippen LogP contribution in [-0.4, -0.2) is 5.78 Å². The van der Waals surface area contributed by atoms with Gasteiger partial charge in [-0.25, -0.2) is 0 Å². The fourth-order valence-corrected chi connectivity index (χ4v) is 2.42. The van der Waals surface area contributed by atoms with Crippen LogP contribution >= 0.6 is 0 Å². The van der Waals surface area contributed by atoms with Gasteiger partial charge in [-0.2, -0.15) is 0 Å². The topological polar surface area (TPSA) is 17.1 Å². The predicted octanol–water partition coefficient (Wildman–Crippen LogP) is 4.66. The summed E-state index contributed by atoms with van der Waals surface area (Å²) in [4.78, 5) is 11.7. The SMILES string of the molecule is CCCCCCC1=CC(CCCC)CC1=O. The van der Waals surface area contributed by atoms with E-state index in [9.17, 15) is 4.79 Å². The summed E-state index contributed by atoms with van der Waals surface area (Å²) in [5.41, 5.74) is 1.14. The van der Waals surface area contributed by atoms with Gasteiger partial charge in [0, 0.05) is 6.42 Å². The number of hydrogen-bond acceptors (Lipinski definition) is 1. The highest BCUT2D eigenvalue weighted by Crippen LogP contribution is 2.28. The lowest BCUT2D eigenvalue weighted by molar-refractivity contribution is -0.115. The van der Waals surface area contributed by atoms with Gasteiger partial charge in [-0.3, -0.25) is 4.79 Å². The van der Waals surface area contributed by atoms with Gasteiger partial charge in [0.25, 0.3) is 0 Å². The van der Waals surface area contributed by atoms with Gasteiger partial charge in [-0.15, -0.1) is 0 Å². The van der Waals surface area contributed by atoms with Crippen LogP contribution in [0.25, 0.3) is 0 Å². The Morgan fingerprint density at radius 2 is 1.88 bits per heavy atom. The van der Waals surface area contributed by atoms with Crippen molar-refractivity contribution in [1.82, 2.24) is 0 Å². The van der Waals surface area contributed by atoms with E-state index in [2.05, 4.69) is 19.9 Å². The molecule has 0 aromatic rings. The number of ketones is 1. The van der Waals surface area contributed by atoms with Gasteiger partial charge in [-0.05, 0) is 30.8 Å². The lowest BCUT2D eigenvalue weighted by Crippen LogP contribution is -1.98. The summed E-state index contributed by atoms with van der Waals surface area (Å²) < 4.78 is 0. The Balaban J connectivity index is 2.26. The van der Waals surface area contributed by atoms with Crippen molar-refractivity contribution >= 4 is 5.78 Å². The number of carbonyl (C=O) groups excluding carboxylic acids is 1. The summed E-state index contributed by atoms with van der Waals surface area (Å²) in [6, 6.07) is 0. The molecule has 1 nitrogen and oxygen atoms in total. The maximum atomic E-state index is 11.7. The second-order valence-corrected chi connectivity index (χ2v) is 5.03. The van der Waals surface area contributed by atoms with Crippen LogP contribution < -0.4 is 0 Å². The van der Waals surface area contributed by atoms with E-state index in [4.69, 9.17) is 0 Å². The Hall–Kier alpha value is -0.590. The van der Waals surface area contributed by atoms with Crippen LogP contribution in [0, 0.1) is 5.92 Å². The summed E-state index contributed by atoms with van der Waals surface area (Å²) in [5.74, 6) is 0.992. The summed E-state index contributed by atoms with van der Waals surface area (Å²) in [7, 11) is 0. The fourth-order valence-electron chi connectivity index (χ4n) is 2.42. The lowest BCUT2D eigenvalue weighted by atomic mass is 10.0. The van der Waals surface area contributed by atoms with Crippen molar-refractivity contribution in [2.24, 2.45) is 5.92 Å². The van der Waals surface area contributed by atoms with Crippen LogP contribution in [0.4, 0.5) is 0 Å². The summed E-state index contributed by atoms with van der Waals surface area (Å²) in [6.45, 7) is 4.44. The monoisotopic (exact) mass is 222 g/mol. The maximum Gasteiger partial charge on any atom is 0.159 e. The highest BCUT2D eigenvalue weighted by atomic mass is 16.1. The van der Waals surface area contributed by atoms with E-state index in [1.165, 1.54) is 44.9 Å². The quantitative estimate of drug-likeness (QED) is 0.546. The van der Waals surface area contributed by atoms with E-state index in [0.717, 1.165) is 18.4 Å². The van der Waals surface area contributed by atoms with Crippen LogP contribution in [0.1, 0.15) is 71.6 Å². The van der Waals surface area contributed by atoms with Crippen molar-refractivity contribution < 1.29 is 4.79 Å². The van der Waals surface area contributed by atoms with Gasteiger partial charge in [0.2, 0.25) is 0 Å². The Morgan fingerprint density at radius 1 is 1.12 bits per heavy atom. The van der Waals surface area contributed by atoms with Gasteiger partial charge < -0.3 is 0 Å². The molecule has 0 fully saturated rings. The molecule has 0 bridgehead atoms. The summed E-state index contributed by atoms with van der Waals surface area (Å²) in [6.07, 6.45) is 12.9. The Bertz CT molecular complexity index is 240. The molecule has 0 heterocycles. The molecule has 0 spiro atoms. The number of rotatable bonds is 8. The number of unbranched alkanes of at least 4 members (excludes halogenated alkanes) is 4. The molecular weight excluding hydrogens is 196 g/mol. The van der Waals surface area contributed by atoms with Crippen LogP contribution in [0.5, 0.6) is 0 Å². The van der Waals surface area contributed by atoms with Crippen LogP contribution in [0.3, 0.4) is 0 Å². The molecule has 0 saturated carbocycles. The van der Waals surface area contributed by atoms with Crippen molar-refractivity contribution in [1.29, 1.82) is 0 Å². The van der Waals surface area contributed by atoms with E-state index in [1.54, 1.807) is 0 Å². The molecule has 0 aromatic carbocycles. The zero-order valence-electron chi connectivity index (χ0n) is 10.9. The third-order valence-electron chi connectivity index (χ3n) is 3.47. The van der Waals surface area contributed by atoms with Crippen molar-refractivity contribution in [2.45, 2.75) is 71.6 Å². The second-order valence-electron chi connectivity index (χ2n) is 5.03. The van der Waals surface area contributed by atoms with Gasteiger partial charge in [0.05, 0.1) is 0 Å². The molecule has 0 saturated heterocycles. The Labute approximate surface area is 100 Å². The van der Waals surface area contributed by atoms with Crippen molar-refractivity contribution in [2.75, 3.05) is 0 Å². The summed E-state index contributed by atoms with van der Waals surface area (Å²) >= 11 is 0. The van der Waals surface area contributed by atoms with Crippen LogP contribution in [0.2, 0.25) is 0 Å². The lowest BCUT2D eigenvalue weighted by Gasteiger charge is -2.02. The average Bonchev–Trinajstić information content (AvgIpc) is 2.63. The molecule has 1 aliphatic carbocycles. The van der Waals surface area contributed by atoms with Crippen molar-refractivity contribution in [3.8, 4) is 0 Å². The zero-order chi connectivity index (χ0) is 11.8. The minimum absolute atomic E-state index is 0.428. The van der Waals surface area contributed by atoms with Gasteiger partial charge in [-0.1, -0.05) is 52.0 Å². The molecule has 92 valence electrons. The van der Waals surface area contributed by atoms with E-state index in [-0.39, 0.29) is 0 Å². The molecule has 0 aromatic heterocycles. The number of allylic oxidation sites excluding steroid dienone is 2. The van der Waals surface area contributed by atoms with Gasteiger partial charge in [0.15, 0.2) is 5.78 Å². The van der Waals surface area contributed by atoms with E-state index >= 15 is 0 Å². The maximum absolute atomic E-state index is 11.7. The molecule has 0 amide bonds. The number of hydrogen-bond donors (Lipinski definition) is 0. The first-order chi connectivity index (χ1) is 7.77. The molecule has 16 heavy (non-hydrogen) atoms. The van der Waals surface area contributed by atoms with Crippen LogP contribution in [-0.2, 0) is 4.79 Å². The number of Topliss-reactive ketones (excluding diaryl/α,β-unsaturated/α-hetero) is 1. The molecular formula is C15H26O. The largest absolute Gasteiger partial charge is 0.295 e. The first-order valence-corrected chi connectivity index (χ1v) is 7.01. The van der Waals surface area contributed by atoms with Gasteiger partial charge >= 0.3 is 0 Å². The highest BCUT2D eigenvalue weighted by Gasteiger charge is 2.22. The third kappa shape index (κ3) is 4.51. The minimum Gasteiger partial charge on any atom is -0.295 e. The molecule has 1 rings (SSSR count). The molecule has 1 unspecified atom stereocenters. The van der Waals surface area contributed by atoms with Gasteiger partial charge in [0.1, 0.15) is 0 Å². The molecule has 1 aliphatic rings. The Morgan fingerprint density at radius 3 is 2.56 bits per heavy atom. The first kappa shape index (κ1) is 13.5. The minimum atomic E-state index is 0.428. The zero-order valence-corrected chi connectivity index (χ0v) is 10.9. The number of carbonyl (C=O) groups is 1. The van der Waals surface area contributed by atoms with E-state index < -0.39 is 0 Å². The molecule has 1 heteroatoms. The Kier molecular flexibility index (Phi) is 6.44. The van der Waals surface area contributed by atoms with Crippen molar-refractivity contribution in [3.63, 3.8) is 0 Å². The van der Waals surface area contributed by atoms with Crippen LogP contribution in [0.15, 0.2) is 11.6 Å². The normalized spacial score (nSPS) is 20.2. The predicted molar refractivity (Wildman–Crippen MR) is 69.5 cm³/mol. The van der Waals surface area contributed by atoms with E-state index in [1.807, 2.05) is 0 Å². The molecule has 0 N–H and O–H groups in total. The third-order valence-corrected chi connectivity index (χ3v) is 3.47. The standard InChI is InChI=1S/C15H26O/c1-3-5-7-8-10-14-11-13(9-6-4-2)12-15(14)16/h11,13H,3-10,12H2,1-2H3. The second kappa shape index (κ2) is 7.65. The molecule has 0 aliphatic heterocycles. The van der Waals surface area contributed by atoms with Crippen molar-refractivity contribution in [3.05, 3.63) is 11.6 Å². The molecule has 1 atom stereocenters. The molecule has 0 radical (unpaired) electrons. The smallest absolute Gasteiger partial charge is 0.159 e. The fraction of sp³-hybridized carbons (Fsp3) is 0.800. The average molecular weight is 222 g/mol. The first-order valence-electron chi connectivity index (χ1n) is 7.01.